The van der Waals surface area contributed by atoms with E-state index in [1.54, 1.807) is 0 Å². The topological polar surface area (TPSA) is 23.6 Å². The molecule has 4 rings (SSSR count). The quantitative estimate of drug-likeness (QED) is 0.814. The Labute approximate surface area is 160 Å². The maximum Gasteiger partial charge on any atom is 0.253 e. The van der Waals surface area contributed by atoms with Crippen molar-refractivity contribution in [1.29, 1.82) is 0 Å². The fourth-order valence-electron chi connectivity index (χ4n) is 4.49. The minimum Gasteiger partial charge on any atom is -0.338 e. The van der Waals surface area contributed by atoms with E-state index in [0.29, 0.717) is 12.5 Å². The van der Waals surface area contributed by atoms with Crippen molar-refractivity contribution in [2.75, 3.05) is 32.7 Å². The molecule has 142 valence electrons. The van der Waals surface area contributed by atoms with E-state index >= 15 is 0 Å². The molecule has 2 aromatic rings. The van der Waals surface area contributed by atoms with Gasteiger partial charge in [-0.3, -0.25) is 4.79 Å². The molecule has 2 atom stereocenters. The van der Waals surface area contributed by atoms with Crippen LogP contribution >= 0.6 is 0 Å². The molecule has 2 fully saturated rings. The van der Waals surface area contributed by atoms with Gasteiger partial charge in [0.05, 0.1) is 0 Å². The Balaban J connectivity index is 1.54. The number of benzene rings is 2. The van der Waals surface area contributed by atoms with Gasteiger partial charge in [-0.2, -0.15) is 0 Å². The Bertz CT molecular complexity index is 781. The monoisotopic (exact) mass is 366 g/mol. The van der Waals surface area contributed by atoms with Crippen LogP contribution in [0.15, 0.2) is 48.5 Å². The Morgan fingerprint density at radius 2 is 1.67 bits per heavy atom. The van der Waals surface area contributed by atoms with Gasteiger partial charge in [0.15, 0.2) is 0 Å². The Kier molecular flexibility index (Phi) is 5.26. The second kappa shape index (κ2) is 7.81. The number of halogens is 1. The summed E-state index contributed by atoms with van der Waals surface area (Å²) in [4.78, 5) is 17.5. The molecule has 0 bridgehead atoms. The molecule has 2 unspecified atom stereocenters. The number of amides is 1. The largest absolute Gasteiger partial charge is 0.338 e. The van der Waals surface area contributed by atoms with Crippen LogP contribution in [0.1, 0.15) is 40.2 Å². The lowest BCUT2D eigenvalue weighted by atomic mass is 9.88. The van der Waals surface area contributed by atoms with Crippen LogP contribution < -0.4 is 0 Å². The molecule has 27 heavy (non-hydrogen) atoms. The molecule has 2 aliphatic rings. The summed E-state index contributed by atoms with van der Waals surface area (Å²) < 4.78 is 13.4. The number of hydrogen-bond donors (Lipinski definition) is 0. The molecule has 4 heteroatoms. The van der Waals surface area contributed by atoms with Crippen LogP contribution in [-0.4, -0.2) is 48.4 Å². The third-order valence-corrected chi connectivity index (χ3v) is 6.02. The lowest BCUT2D eigenvalue weighted by molar-refractivity contribution is 0.0783. The van der Waals surface area contributed by atoms with Crippen molar-refractivity contribution in [1.82, 2.24) is 9.80 Å². The first-order chi connectivity index (χ1) is 13.1. The normalized spacial score (nSPS) is 23.1. The minimum atomic E-state index is -0.208. The lowest BCUT2D eigenvalue weighted by Gasteiger charge is -2.24. The second-order valence-corrected chi connectivity index (χ2v) is 8.00. The van der Waals surface area contributed by atoms with Crippen molar-refractivity contribution in [3.05, 3.63) is 71.0 Å². The summed E-state index contributed by atoms with van der Waals surface area (Å²) in [5, 5.41) is 0. The standard InChI is InChI=1S/C23H27FN2O/c1-17-4-6-19(7-5-17)23(27)26-15-20(14-25-12-2-3-13-25)22(16-26)18-8-10-21(24)11-9-18/h4-11,20,22H,2-3,12-16H2,1H3. The number of carbonyl (C=O) groups excluding carboxylic acids is 1. The smallest absolute Gasteiger partial charge is 0.253 e. The summed E-state index contributed by atoms with van der Waals surface area (Å²) in [5.41, 5.74) is 3.05. The van der Waals surface area contributed by atoms with Crippen molar-refractivity contribution in [3.8, 4) is 0 Å². The van der Waals surface area contributed by atoms with E-state index in [1.807, 2.05) is 48.2 Å². The third kappa shape index (κ3) is 4.06. The van der Waals surface area contributed by atoms with Crippen LogP contribution in [0.5, 0.6) is 0 Å². The van der Waals surface area contributed by atoms with Gasteiger partial charge < -0.3 is 9.80 Å². The summed E-state index contributed by atoms with van der Waals surface area (Å²) in [5.74, 6) is 0.551. The molecule has 0 N–H and O–H groups in total. The fourth-order valence-corrected chi connectivity index (χ4v) is 4.49. The molecule has 0 saturated carbocycles. The van der Waals surface area contributed by atoms with E-state index in [0.717, 1.165) is 42.9 Å². The summed E-state index contributed by atoms with van der Waals surface area (Å²) in [6.45, 7) is 6.82. The maximum atomic E-state index is 13.4. The van der Waals surface area contributed by atoms with E-state index < -0.39 is 0 Å². The van der Waals surface area contributed by atoms with E-state index in [-0.39, 0.29) is 17.6 Å². The summed E-state index contributed by atoms with van der Waals surface area (Å²) in [6, 6.07) is 14.6. The van der Waals surface area contributed by atoms with E-state index in [4.69, 9.17) is 0 Å². The highest BCUT2D eigenvalue weighted by Crippen LogP contribution is 2.34. The molecule has 0 radical (unpaired) electrons. The van der Waals surface area contributed by atoms with Gasteiger partial charge in [-0.05, 0) is 68.6 Å². The zero-order valence-corrected chi connectivity index (χ0v) is 15.9. The summed E-state index contributed by atoms with van der Waals surface area (Å²) in [7, 11) is 0. The van der Waals surface area contributed by atoms with Crippen LogP contribution in [0.3, 0.4) is 0 Å². The van der Waals surface area contributed by atoms with E-state index in [9.17, 15) is 9.18 Å². The van der Waals surface area contributed by atoms with Crippen molar-refractivity contribution in [2.24, 2.45) is 5.92 Å². The number of carbonyl (C=O) groups is 1. The van der Waals surface area contributed by atoms with Crippen LogP contribution in [0.4, 0.5) is 4.39 Å². The number of aryl methyl sites for hydroxylation is 1. The zero-order chi connectivity index (χ0) is 18.8. The first-order valence-electron chi connectivity index (χ1n) is 9.94. The minimum absolute atomic E-state index is 0.103. The van der Waals surface area contributed by atoms with Crippen LogP contribution in [0, 0.1) is 18.7 Å². The van der Waals surface area contributed by atoms with Crippen LogP contribution in [-0.2, 0) is 0 Å². The SMILES string of the molecule is Cc1ccc(C(=O)N2CC(CN3CCCC3)C(c3ccc(F)cc3)C2)cc1. The molecule has 0 aromatic heterocycles. The Morgan fingerprint density at radius 1 is 1.00 bits per heavy atom. The molecule has 2 saturated heterocycles. The number of hydrogen-bond acceptors (Lipinski definition) is 2. The van der Waals surface area contributed by atoms with Crippen molar-refractivity contribution in [3.63, 3.8) is 0 Å². The van der Waals surface area contributed by atoms with Gasteiger partial charge in [0.1, 0.15) is 5.82 Å². The van der Waals surface area contributed by atoms with Gasteiger partial charge in [0, 0.05) is 31.1 Å². The molecule has 0 aliphatic carbocycles. The van der Waals surface area contributed by atoms with Gasteiger partial charge in [0.25, 0.3) is 5.91 Å². The number of nitrogens with zero attached hydrogens (tertiary/aromatic N) is 2. The molecular weight excluding hydrogens is 339 g/mol. The van der Waals surface area contributed by atoms with Crippen molar-refractivity contribution < 1.29 is 9.18 Å². The van der Waals surface area contributed by atoms with Crippen molar-refractivity contribution in [2.45, 2.75) is 25.7 Å². The predicted molar refractivity (Wildman–Crippen MR) is 105 cm³/mol. The summed E-state index contributed by atoms with van der Waals surface area (Å²) >= 11 is 0. The highest BCUT2D eigenvalue weighted by atomic mass is 19.1. The molecule has 2 heterocycles. The molecular formula is C23H27FN2O. The lowest BCUT2D eigenvalue weighted by Crippen LogP contribution is -2.32. The average molecular weight is 366 g/mol. The highest BCUT2D eigenvalue weighted by Gasteiger charge is 2.37. The average Bonchev–Trinajstić information content (AvgIpc) is 3.33. The Hall–Kier alpha value is -2.20. The molecule has 0 spiro atoms. The molecule has 1 amide bonds. The first-order valence-corrected chi connectivity index (χ1v) is 9.94. The fraction of sp³-hybridized carbons (Fsp3) is 0.435. The van der Waals surface area contributed by atoms with Crippen LogP contribution in [0.25, 0.3) is 0 Å². The maximum absolute atomic E-state index is 13.4. The number of rotatable bonds is 4. The highest BCUT2D eigenvalue weighted by molar-refractivity contribution is 5.94. The van der Waals surface area contributed by atoms with Gasteiger partial charge in [-0.1, -0.05) is 29.8 Å². The molecule has 2 aromatic carbocycles. The van der Waals surface area contributed by atoms with Gasteiger partial charge >= 0.3 is 0 Å². The first kappa shape index (κ1) is 18.2. The van der Waals surface area contributed by atoms with Gasteiger partial charge in [0.2, 0.25) is 0 Å². The zero-order valence-electron chi connectivity index (χ0n) is 15.9. The number of likely N-dealkylation sites (tertiary alicyclic amines) is 2. The third-order valence-electron chi connectivity index (χ3n) is 6.02. The van der Waals surface area contributed by atoms with E-state index in [2.05, 4.69) is 4.90 Å². The predicted octanol–water partition coefficient (Wildman–Crippen LogP) is 4.09. The molecule has 3 nitrogen and oxygen atoms in total. The van der Waals surface area contributed by atoms with Crippen LogP contribution in [0.2, 0.25) is 0 Å². The van der Waals surface area contributed by atoms with Gasteiger partial charge in [-0.25, -0.2) is 4.39 Å². The van der Waals surface area contributed by atoms with Crippen molar-refractivity contribution >= 4 is 5.91 Å². The second-order valence-electron chi connectivity index (χ2n) is 8.00. The van der Waals surface area contributed by atoms with E-state index in [1.165, 1.54) is 25.0 Å². The van der Waals surface area contributed by atoms with Gasteiger partial charge in [-0.15, -0.1) is 0 Å². The molecule has 2 aliphatic heterocycles. The summed E-state index contributed by atoms with van der Waals surface area (Å²) in [6.07, 6.45) is 2.53. The Morgan fingerprint density at radius 3 is 2.33 bits per heavy atom.